The number of rotatable bonds is 9. The Kier molecular flexibility index (Phi) is 12.9. The van der Waals surface area contributed by atoms with Crippen LogP contribution in [-0.2, 0) is 21.7 Å². The molecule has 1 spiro atoms. The Hall–Kier alpha value is -15.0. The smallest absolute Gasteiger partial charge is 0.252 e. The van der Waals surface area contributed by atoms with Crippen LogP contribution in [0.15, 0.2) is 394 Å². The van der Waals surface area contributed by atoms with E-state index in [0.29, 0.717) is 28.3 Å². The molecule has 0 atom stereocenters. The first-order valence-electron chi connectivity index (χ1n) is 51.7. The van der Waals surface area contributed by atoms with Crippen LogP contribution >= 0.6 is 0 Å². The number of nitrogens with zero attached hydrogens (tertiary/aromatic N) is 5. The summed E-state index contributed by atoms with van der Waals surface area (Å²) in [6.45, 7) is 19.2. The van der Waals surface area contributed by atoms with Crippen LogP contribution in [0.3, 0.4) is 0 Å². The molecule has 0 N–H and O–H groups in total. The number of hydrogen-bond donors (Lipinski definition) is 0. The van der Waals surface area contributed by atoms with Crippen LogP contribution in [0, 0.1) is 0 Å². The minimum Gasteiger partial charge on any atom is -0.310 e. The maximum absolute atomic E-state index is 10.5. The molecule has 0 radical (unpaired) electrons. The fraction of sp³-hybridized carbons (Fsp3) is 0.107. The molecule has 604 valence electrons. The van der Waals surface area contributed by atoms with E-state index in [2.05, 4.69) is 283 Å². The molecule has 0 bridgehead atoms. The predicted octanol–water partition coefficient (Wildman–Crippen LogP) is 30.0. The first kappa shape index (κ1) is 59.7. The Labute approximate surface area is 764 Å². The van der Waals surface area contributed by atoms with Crippen molar-refractivity contribution in [1.29, 1.82) is 0 Å². The maximum atomic E-state index is 10.5. The number of para-hydroxylation sites is 7. The number of fused-ring (bicyclic) bond motifs is 23. The van der Waals surface area contributed by atoms with Gasteiger partial charge >= 0.3 is 0 Å². The normalized spacial score (nSPS) is 15.3. The Bertz CT molecular complexity index is 8950. The van der Waals surface area contributed by atoms with E-state index in [-0.39, 0.29) is 65.8 Å². The first-order chi connectivity index (χ1) is 68.6. The van der Waals surface area contributed by atoms with E-state index in [4.69, 9.17) is 0 Å². The van der Waals surface area contributed by atoms with Crippen LogP contribution < -0.4 is 26.2 Å². The van der Waals surface area contributed by atoms with Gasteiger partial charge in [-0.25, -0.2) is 0 Å². The molecule has 3 aromatic heterocycles. The molecule has 5 heterocycles. The highest BCUT2D eigenvalue weighted by atomic mass is 15.2. The molecule has 21 aromatic rings. The van der Waals surface area contributed by atoms with E-state index in [9.17, 15) is 21.9 Å². The lowest BCUT2D eigenvalue weighted by Crippen LogP contribution is -2.61. The summed E-state index contributed by atoms with van der Waals surface area (Å²) in [5, 5.41) is 1.24. The largest absolute Gasteiger partial charge is 0.310 e. The zero-order chi connectivity index (χ0) is 99.2. The molecule has 0 amide bonds. The van der Waals surface area contributed by atoms with E-state index < -0.39 is 114 Å². The topological polar surface area (TPSA) is 21.3 Å². The molecule has 0 unspecified atom stereocenters. The quantitative estimate of drug-likeness (QED) is 0.134. The predicted molar refractivity (Wildman–Crippen MR) is 538 cm³/mol. The van der Waals surface area contributed by atoms with Gasteiger partial charge in [-0.1, -0.05) is 365 Å². The first-order valence-corrected chi connectivity index (χ1v) is 43.7. The van der Waals surface area contributed by atoms with Crippen molar-refractivity contribution in [1.82, 2.24) is 13.7 Å². The lowest BCUT2D eigenvalue weighted by molar-refractivity contribution is 0.569. The second-order valence-electron chi connectivity index (χ2n) is 37.5. The summed E-state index contributed by atoms with van der Waals surface area (Å²) < 4.78 is 163. The molecule has 0 saturated heterocycles. The lowest BCUT2D eigenvalue weighted by atomic mass is 9.33. The van der Waals surface area contributed by atoms with Crippen LogP contribution in [0.2, 0.25) is 0 Å². The lowest BCUT2D eigenvalue weighted by Gasteiger charge is -2.45. The highest BCUT2D eigenvalue weighted by Gasteiger charge is 2.52. The van der Waals surface area contributed by atoms with E-state index in [1.807, 2.05) is 91.0 Å². The van der Waals surface area contributed by atoms with Gasteiger partial charge in [-0.15, -0.1) is 0 Å². The van der Waals surface area contributed by atoms with Crippen LogP contribution in [0.4, 0.5) is 34.1 Å². The molecule has 2 aliphatic carbocycles. The number of anilines is 6. The second-order valence-corrected chi connectivity index (χ2v) is 37.5. The summed E-state index contributed by atoms with van der Waals surface area (Å²) >= 11 is 0. The van der Waals surface area contributed by atoms with Gasteiger partial charge in [-0.2, -0.15) is 0 Å². The van der Waals surface area contributed by atoms with Gasteiger partial charge in [-0.05, 0) is 213 Å². The van der Waals surface area contributed by atoms with Crippen LogP contribution in [0.25, 0.3) is 149 Å². The molecule has 5 nitrogen and oxygen atoms in total. The summed E-state index contributed by atoms with van der Waals surface area (Å²) in [6, 6.07) is 96.5. The third kappa shape index (κ3) is 11.0. The minimum atomic E-state index is -0.839. The van der Waals surface area contributed by atoms with Crippen LogP contribution in [-0.4, -0.2) is 20.4 Å². The van der Waals surface area contributed by atoms with E-state index >= 15 is 0 Å². The highest BCUT2D eigenvalue weighted by Crippen LogP contribution is 2.64. The Morgan fingerprint density at radius 2 is 0.669 bits per heavy atom. The van der Waals surface area contributed by atoms with Gasteiger partial charge in [0.2, 0.25) is 0 Å². The van der Waals surface area contributed by atoms with E-state index in [1.54, 1.807) is 9.13 Å². The molecule has 0 saturated carbocycles. The molecule has 127 heavy (non-hydrogen) atoms. The summed E-state index contributed by atoms with van der Waals surface area (Å²) in [5.74, 6) is 0. The molecule has 2 aliphatic heterocycles. The monoisotopic (exact) mass is 1640 g/mol. The van der Waals surface area contributed by atoms with Gasteiger partial charge in [0.1, 0.15) is 0 Å². The molecular formula is C121H92BN5. The zero-order valence-electron chi connectivity index (χ0n) is 87.6. The average molecular weight is 1640 g/mol. The third-order valence-electron chi connectivity index (χ3n) is 27.3. The average Bonchev–Trinajstić information content (AvgIpc) is 1.56. The molecule has 18 aromatic carbocycles. The van der Waals surface area contributed by atoms with Crippen molar-refractivity contribution >= 4 is 123 Å². The fourth-order valence-corrected chi connectivity index (χ4v) is 21.5. The van der Waals surface area contributed by atoms with Crippen molar-refractivity contribution in [3.05, 3.63) is 433 Å². The summed E-state index contributed by atoms with van der Waals surface area (Å²) in [6.07, 6.45) is 0. The number of hydrogen-bond acceptors (Lipinski definition) is 2. The van der Waals surface area contributed by atoms with E-state index in [0.717, 1.165) is 128 Å². The fourth-order valence-electron chi connectivity index (χ4n) is 21.5. The second kappa shape index (κ2) is 27.5. The zero-order valence-corrected chi connectivity index (χ0v) is 71.6. The molecule has 0 fully saturated rings. The summed E-state index contributed by atoms with van der Waals surface area (Å²) in [7, 11) is 0. The molecule has 4 aliphatic rings. The number of aromatic nitrogens is 3. The Morgan fingerprint density at radius 3 is 1.20 bits per heavy atom. The third-order valence-corrected chi connectivity index (χ3v) is 27.3. The highest BCUT2D eigenvalue weighted by molar-refractivity contribution is 7.00. The molecule has 25 rings (SSSR count). The molecular weight excluding hydrogens is 1530 g/mol. The van der Waals surface area contributed by atoms with Gasteiger partial charge in [0.15, 0.2) is 0 Å². The van der Waals surface area contributed by atoms with Crippen molar-refractivity contribution in [2.24, 2.45) is 0 Å². The van der Waals surface area contributed by atoms with Gasteiger partial charge < -0.3 is 23.5 Å². The van der Waals surface area contributed by atoms with Crippen LogP contribution in [0.5, 0.6) is 0 Å². The van der Waals surface area contributed by atoms with Crippen molar-refractivity contribution < 1.29 is 21.9 Å². The molecule has 6 heteroatoms. The summed E-state index contributed by atoms with van der Waals surface area (Å²) in [4.78, 5) is 4.58. The van der Waals surface area contributed by atoms with Gasteiger partial charge in [0.25, 0.3) is 6.71 Å². The van der Waals surface area contributed by atoms with Gasteiger partial charge in [0, 0.05) is 83.1 Å². The minimum absolute atomic E-state index is 0.0930. The number of benzene rings is 18. The van der Waals surface area contributed by atoms with Crippen molar-refractivity contribution in [3.63, 3.8) is 0 Å². The summed E-state index contributed by atoms with van der Waals surface area (Å²) in [5.41, 5.74) is 26.3. The van der Waals surface area contributed by atoms with E-state index in [1.165, 1.54) is 27.8 Å². The standard InChI is InChI=1S/C121H92BN5/c1-118(2,3)80-65-79(66-81(69-80)119(4,5)6)77-60-63-103-110(68-77)127(116-97(75-35-13-10-14-36-75)70-82(120(7,8)9)71-98(116)76-37-15-11-16-38-76)113-74-85(124-107-56-31-24-46-93(107)94-47-25-32-57-108(94)124)73-112-114(113)122(103)104-64-61-84(123-105-54-29-22-44-91(105)92-45-23-30-55-106(92)123)72-111(104)126(112)109-58-34-50-96-95-49-33-48-86(115(95)125(117(96)109)83-39-17-12-18-40-83)78-59-62-90-89-43-21-28-53-101(89)121(102(90)67-78)99-51-26-19-41-87(99)88-42-20-27-52-100(88)121/h10-74H,1-9H3/i22D,23D,24D,25D,29D,30D,31D,32D,44D,45D,46D,47D,54D,55D,56D,57D. The van der Waals surface area contributed by atoms with Crippen molar-refractivity contribution in [2.75, 3.05) is 9.80 Å². The van der Waals surface area contributed by atoms with Gasteiger partial charge in [0.05, 0.1) is 77.5 Å². The van der Waals surface area contributed by atoms with Crippen molar-refractivity contribution in [3.8, 4) is 83.8 Å². The van der Waals surface area contributed by atoms with Crippen molar-refractivity contribution in [2.45, 2.75) is 84.0 Å². The maximum Gasteiger partial charge on any atom is 0.252 e. The van der Waals surface area contributed by atoms with Crippen LogP contribution in [0.1, 0.15) is 123 Å². The SMILES string of the molecule is [2H]c1c([2H])c([2H])c2c(c1[2H])c1c([2H])c([2H])c([2H])c([2H])c1n2-c1ccc2c(c1)N(c1cccc3c4cccc(-c5ccc6c(c5)C5(c7ccccc7-c7ccccc75)c5ccccc5-6)c4n(-c4ccccc4)c13)c1cc(-n3c4c([2H])c([2H])c([2H])c([2H])c4c4c([2H])c([2H])c([2H])c([2H])c43)cc3c1B2c1ccc(-c2cc(C(C)(C)C)cc(C(C)(C)C)c2)cc1N3c1c(-c2ccccc2)cc(C(C)(C)C)cc1-c1ccccc1. The Balaban J connectivity index is 0.887. The van der Waals surface area contributed by atoms with Gasteiger partial charge in [-0.3, -0.25) is 0 Å². The Morgan fingerprint density at radius 1 is 0.252 bits per heavy atom.